The van der Waals surface area contributed by atoms with Gasteiger partial charge in [0.15, 0.2) is 0 Å². The fourth-order valence-corrected chi connectivity index (χ4v) is 0.176. The quantitative estimate of drug-likeness (QED) is 0.325. The summed E-state index contributed by atoms with van der Waals surface area (Å²) in [6.07, 6.45) is 2.53. The molecular weight excluding hydrogens is 160 g/mol. The van der Waals surface area contributed by atoms with Crippen molar-refractivity contribution in [1.82, 2.24) is 0 Å². The summed E-state index contributed by atoms with van der Waals surface area (Å²) in [7, 11) is 0. The predicted octanol–water partition coefficient (Wildman–Crippen LogP) is -1.71. The van der Waals surface area contributed by atoms with Crippen LogP contribution in [0.2, 0.25) is 0 Å². The third kappa shape index (κ3) is 11.0. The Balaban J connectivity index is 0. The van der Waals surface area contributed by atoms with Crippen molar-refractivity contribution in [1.29, 1.82) is 0 Å². The van der Waals surface area contributed by atoms with Crippen LogP contribution in [0.5, 0.6) is 0 Å². The summed E-state index contributed by atoms with van der Waals surface area (Å²) in [5.41, 5.74) is 0.553. The van der Waals surface area contributed by atoms with Crippen molar-refractivity contribution in [3.8, 4) is 0 Å². The van der Waals surface area contributed by atoms with Crippen molar-refractivity contribution in [2.75, 3.05) is 0 Å². The standard InChI is InChI=1S/C5H7N.Rb/c1-4-6-5(2)3;/h2H,1,3H3;/q-2;+1. The van der Waals surface area contributed by atoms with Gasteiger partial charge in [0.25, 0.3) is 0 Å². The molecule has 0 heterocycles. The fourth-order valence-electron chi connectivity index (χ4n) is 0.176. The van der Waals surface area contributed by atoms with E-state index in [0.29, 0.717) is 5.70 Å². The summed E-state index contributed by atoms with van der Waals surface area (Å²) in [5, 5.41) is 0. The molecule has 0 rings (SSSR count). The Bertz CT molecular complexity index is 76.1. The van der Waals surface area contributed by atoms with Crippen molar-refractivity contribution >= 4 is 6.21 Å². The van der Waals surface area contributed by atoms with Crippen molar-refractivity contribution < 1.29 is 58.2 Å². The number of nitrogens with zero attached hydrogens (tertiary/aromatic N) is 1. The molecule has 0 spiro atoms. The molecule has 0 bridgehead atoms. The molecule has 0 aliphatic carbocycles. The normalized spacial score (nSPS) is 8.29. The van der Waals surface area contributed by atoms with Crippen LogP contribution >= 0.6 is 0 Å². The Morgan fingerprint density at radius 3 is 2.14 bits per heavy atom. The minimum atomic E-state index is 0. The second kappa shape index (κ2) is 7.22. The number of hydrogen-bond donors (Lipinski definition) is 0. The molecule has 34 valence electrons. The first-order valence-electron chi connectivity index (χ1n) is 1.74. The summed E-state index contributed by atoms with van der Waals surface area (Å²) in [6.45, 7) is 8.51. The van der Waals surface area contributed by atoms with Gasteiger partial charge in [-0.3, -0.25) is 0 Å². The minimum Gasteiger partial charge on any atom is -0.598 e. The zero-order valence-electron chi connectivity index (χ0n) is 5.02. The molecule has 0 atom stereocenters. The summed E-state index contributed by atoms with van der Waals surface area (Å²) < 4.78 is 0. The molecule has 1 nitrogen and oxygen atoms in total. The molecule has 0 unspecified atom stereocenters. The molecule has 0 aliphatic heterocycles. The van der Waals surface area contributed by atoms with Crippen LogP contribution < -0.4 is 58.2 Å². The van der Waals surface area contributed by atoms with E-state index in [1.54, 1.807) is 13.8 Å². The second-order valence-corrected chi connectivity index (χ2v) is 0.977. The number of rotatable bonds is 1. The molecule has 0 saturated carbocycles. The van der Waals surface area contributed by atoms with E-state index < -0.39 is 0 Å². The average Bonchev–Trinajstić information content (AvgIpc) is 1.35. The van der Waals surface area contributed by atoms with Gasteiger partial charge in [-0.25, -0.2) is 0 Å². The van der Waals surface area contributed by atoms with Gasteiger partial charge in [-0.1, -0.05) is 0 Å². The van der Waals surface area contributed by atoms with Crippen molar-refractivity contribution in [3.63, 3.8) is 0 Å². The van der Waals surface area contributed by atoms with Crippen LogP contribution in [0.25, 0.3) is 0 Å². The smallest absolute Gasteiger partial charge is 0.598 e. The first-order valence-corrected chi connectivity index (χ1v) is 1.74. The Kier molecular flexibility index (Phi) is 11.4. The van der Waals surface area contributed by atoms with Crippen LogP contribution in [0.3, 0.4) is 0 Å². The minimum absolute atomic E-state index is 0. The molecule has 0 radical (unpaired) electrons. The maximum absolute atomic E-state index is 5.09. The molecule has 0 aliphatic rings. The number of allylic oxidation sites excluding steroid dienone is 1. The van der Waals surface area contributed by atoms with E-state index in [2.05, 4.69) is 11.2 Å². The van der Waals surface area contributed by atoms with Crippen LogP contribution in [0, 0.1) is 6.58 Å². The van der Waals surface area contributed by atoms with Crippen molar-refractivity contribution in [2.24, 2.45) is 4.99 Å². The van der Waals surface area contributed by atoms with Crippen molar-refractivity contribution in [3.05, 3.63) is 12.3 Å². The van der Waals surface area contributed by atoms with Crippen LogP contribution in [0.1, 0.15) is 13.8 Å². The zero-order valence-corrected chi connectivity index (χ0v) is 9.94. The largest absolute Gasteiger partial charge is 1.00 e. The number of hydrogen-bond acceptors (Lipinski definition) is 1. The Morgan fingerprint density at radius 1 is 1.71 bits per heavy atom. The van der Waals surface area contributed by atoms with Crippen LogP contribution in [0.4, 0.5) is 0 Å². The second-order valence-electron chi connectivity index (χ2n) is 0.977. The number of aliphatic imine (C=N–C) groups is 1. The SMILES string of the molecule is [CH-]=C(C)N=[C-]C.[Rb+]. The van der Waals surface area contributed by atoms with Gasteiger partial charge < -0.3 is 17.3 Å². The van der Waals surface area contributed by atoms with Gasteiger partial charge in [-0.15, -0.1) is 13.8 Å². The maximum atomic E-state index is 5.09. The molecule has 0 aromatic heterocycles. The molecule has 0 saturated heterocycles. The van der Waals surface area contributed by atoms with E-state index in [4.69, 9.17) is 6.58 Å². The summed E-state index contributed by atoms with van der Waals surface area (Å²) in [4.78, 5) is 3.57. The van der Waals surface area contributed by atoms with Crippen LogP contribution in [-0.2, 0) is 0 Å². The topological polar surface area (TPSA) is 12.4 Å². The third-order valence-corrected chi connectivity index (χ3v) is 0.288. The summed E-state index contributed by atoms with van der Waals surface area (Å²) in [5.74, 6) is 0. The van der Waals surface area contributed by atoms with E-state index in [1.165, 1.54) is 0 Å². The predicted molar refractivity (Wildman–Crippen MR) is 26.6 cm³/mol. The van der Waals surface area contributed by atoms with Gasteiger partial charge >= 0.3 is 58.2 Å². The van der Waals surface area contributed by atoms with E-state index in [1.807, 2.05) is 0 Å². The van der Waals surface area contributed by atoms with E-state index >= 15 is 0 Å². The summed E-state index contributed by atoms with van der Waals surface area (Å²) in [6, 6.07) is 0. The van der Waals surface area contributed by atoms with Crippen molar-refractivity contribution in [2.45, 2.75) is 13.8 Å². The first-order chi connectivity index (χ1) is 2.77. The van der Waals surface area contributed by atoms with Gasteiger partial charge in [-0.2, -0.15) is 6.21 Å². The van der Waals surface area contributed by atoms with Gasteiger partial charge in [0.2, 0.25) is 0 Å². The molecule has 0 N–H and O–H groups in total. The van der Waals surface area contributed by atoms with Crippen LogP contribution in [0.15, 0.2) is 10.7 Å². The average molecular weight is 167 g/mol. The Labute approximate surface area is 93.7 Å². The Hall–Kier alpha value is 1.22. The fraction of sp³-hybridized carbons (Fsp3) is 0.400. The van der Waals surface area contributed by atoms with Gasteiger partial charge in [0.05, 0.1) is 0 Å². The molecule has 0 fully saturated rings. The molecule has 7 heavy (non-hydrogen) atoms. The van der Waals surface area contributed by atoms with Gasteiger partial charge in [-0.05, 0) is 0 Å². The van der Waals surface area contributed by atoms with Crippen LogP contribution in [-0.4, -0.2) is 6.21 Å². The van der Waals surface area contributed by atoms with Gasteiger partial charge in [0.1, 0.15) is 0 Å². The summed E-state index contributed by atoms with van der Waals surface area (Å²) >= 11 is 0. The third-order valence-electron chi connectivity index (χ3n) is 0.288. The van der Waals surface area contributed by atoms with E-state index in [0.717, 1.165) is 0 Å². The molecule has 2 heteroatoms. The molecular formula is C5H7NRb-. The van der Waals surface area contributed by atoms with Gasteiger partial charge in [0, 0.05) is 0 Å². The van der Waals surface area contributed by atoms with E-state index in [-0.39, 0.29) is 58.2 Å². The molecule has 0 aromatic carbocycles. The maximum Gasteiger partial charge on any atom is 1.00 e. The van der Waals surface area contributed by atoms with E-state index in [9.17, 15) is 0 Å². The monoisotopic (exact) mass is 166 g/mol. The first kappa shape index (κ1) is 11.1. The molecule has 0 amide bonds. The molecule has 0 aromatic rings. The zero-order chi connectivity index (χ0) is 4.99. The Morgan fingerprint density at radius 2 is 2.14 bits per heavy atom.